The Balaban J connectivity index is 1.85. The van der Waals surface area contributed by atoms with E-state index in [4.69, 9.17) is 4.74 Å². The Morgan fingerprint density at radius 3 is 2.55 bits per heavy atom. The molecule has 1 amide bonds. The highest BCUT2D eigenvalue weighted by Gasteiger charge is 2.11. The van der Waals surface area contributed by atoms with Crippen molar-refractivity contribution in [3.63, 3.8) is 0 Å². The number of hydrogen-bond donors (Lipinski definition) is 2. The molecule has 114 valence electrons. The van der Waals surface area contributed by atoms with Gasteiger partial charge in [0.15, 0.2) is 0 Å². The first-order chi connectivity index (χ1) is 10.7. The number of anilines is 1. The first-order valence-electron chi connectivity index (χ1n) is 6.82. The maximum Gasteiger partial charge on any atom is 0.262 e. The molecule has 0 aliphatic heterocycles. The van der Waals surface area contributed by atoms with Crippen molar-refractivity contribution in [2.24, 2.45) is 5.10 Å². The van der Waals surface area contributed by atoms with Gasteiger partial charge in [0.2, 0.25) is 0 Å². The van der Waals surface area contributed by atoms with Crippen LogP contribution in [0.5, 0.6) is 5.75 Å². The Hall–Kier alpha value is -2.89. The number of nitrogens with zero attached hydrogens (tertiary/aromatic N) is 2. The molecule has 1 heterocycles. The van der Waals surface area contributed by atoms with Gasteiger partial charge in [-0.25, -0.2) is 5.43 Å². The van der Waals surface area contributed by atoms with E-state index in [-0.39, 0.29) is 5.91 Å². The molecule has 1 atom stereocenters. The molecule has 0 radical (unpaired) electrons. The van der Waals surface area contributed by atoms with E-state index < -0.39 is 6.04 Å². The lowest BCUT2D eigenvalue weighted by molar-refractivity contribution is -0.121. The van der Waals surface area contributed by atoms with Gasteiger partial charge in [0.25, 0.3) is 5.91 Å². The van der Waals surface area contributed by atoms with Gasteiger partial charge in [0.1, 0.15) is 11.8 Å². The molecule has 2 rings (SSSR count). The molecule has 2 aromatic rings. The van der Waals surface area contributed by atoms with Crippen LogP contribution in [0.25, 0.3) is 0 Å². The Kier molecular flexibility index (Phi) is 5.48. The number of ether oxygens (including phenoxy) is 1. The van der Waals surface area contributed by atoms with Gasteiger partial charge in [0.05, 0.1) is 13.3 Å². The lowest BCUT2D eigenvalue weighted by atomic mass is 10.2. The number of benzene rings is 1. The first-order valence-corrected chi connectivity index (χ1v) is 6.82. The van der Waals surface area contributed by atoms with Gasteiger partial charge in [-0.1, -0.05) is 0 Å². The van der Waals surface area contributed by atoms with Gasteiger partial charge in [-0.05, 0) is 48.9 Å². The van der Waals surface area contributed by atoms with Gasteiger partial charge in [-0.15, -0.1) is 0 Å². The Labute approximate surface area is 129 Å². The summed E-state index contributed by atoms with van der Waals surface area (Å²) in [6, 6.07) is 10.5. The molecule has 0 saturated heterocycles. The van der Waals surface area contributed by atoms with Crippen molar-refractivity contribution in [1.29, 1.82) is 0 Å². The summed E-state index contributed by atoms with van der Waals surface area (Å²) in [5.74, 6) is 0.547. The molecule has 1 aromatic carbocycles. The summed E-state index contributed by atoms with van der Waals surface area (Å²) in [6.07, 6.45) is 4.90. The molecular weight excluding hydrogens is 280 g/mol. The summed E-state index contributed by atoms with van der Waals surface area (Å²) < 4.78 is 5.09. The highest BCUT2D eigenvalue weighted by molar-refractivity contribution is 5.86. The highest BCUT2D eigenvalue weighted by Crippen LogP contribution is 2.15. The summed E-state index contributed by atoms with van der Waals surface area (Å²) in [5, 5.41) is 7.01. The summed E-state index contributed by atoms with van der Waals surface area (Å²) in [7, 11) is 1.61. The maximum absolute atomic E-state index is 11.9. The third-order valence-electron chi connectivity index (χ3n) is 2.96. The average molecular weight is 298 g/mol. The molecule has 22 heavy (non-hydrogen) atoms. The molecular formula is C16H18N4O2. The number of pyridine rings is 1. The average Bonchev–Trinajstić information content (AvgIpc) is 2.56. The molecule has 2 N–H and O–H groups in total. The topological polar surface area (TPSA) is 75.6 Å². The second kappa shape index (κ2) is 7.78. The smallest absolute Gasteiger partial charge is 0.262 e. The molecule has 0 aliphatic carbocycles. The fourth-order valence-electron chi connectivity index (χ4n) is 1.72. The minimum Gasteiger partial charge on any atom is -0.497 e. The van der Waals surface area contributed by atoms with Crippen molar-refractivity contribution in [1.82, 2.24) is 10.4 Å². The largest absolute Gasteiger partial charge is 0.497 e. The van der Waals surface area contributed by atoms with E-state index in [0.29, 0.717) is 0 Å². The second-order valence-corrected chi connectivity index (χ2v) is 4.61. The van der Waals surface area contributed by atoms with E-state index >= 15 is 0 Å². The standard InChI is InChI=1S/C16H18N4O2/c1-12(19-14-3-5-15(22-2)6-4-14)16(21)20-18-11-13-7-9-17-10-8-13/h3-12,19H,1-2H3,(H,20,21)/b18-11-/t12-/m0/s1. The zero-order valence-electron chi connectivity index (χ0n) is 12.5. The quantitative estimate of drug-likeness (QED) is 0.632. The van der Waals surface area contributed by atoms with Gasteiger partial charge < -0.3 is 10.1 Å². The van der Waals surface area contributed by atoms with Crippen molar-refractivity contribution in [3.05, 3.63) is 54.4 Å². The van der Waals surface area contributed by atoms with E-state index in [9.17, 15) is 4.79 Å². The zero-order valence-corrected chi connectivity index (χ0v) is 12.5. The van der Waals surface area contributed by atoms with Crippen molar-refractivity contribution >= 4 is 17.8 Å². The van der Waals surface area contributed by atoms with Gasteiger partial charge in [0, 0.05) is 18.1 Å². The van der Waals surface area contributed by atoms with Crippen LogP contribution in [0, 0.1) is 0 Å². The van der Waals surface area contributed by atoms with Gasteiger partial charge in [-0.3, -0.25) is 9.78 Å². The van der Waals surface area contributed by atoms with Crippen LogP contribution in [0.4, 0.5) is 5.69 Å². The molecule has 0 saturated carbocycles. The molecule has 1 aromatic heterocycles. The molecule has 0 spiro atoms. The zero-order chi connectivity index (χ0) is 15.8. The number of carbonyl (C=O) groups excluding carboxylic acids is 1. The van der Waals surface area contributed by atoms with Crippen molar-refractivity contribution in [2.45, 2.75) is 13.0 Å². The summed E-state index contributed by atoms with van der Waals surface area (Å²) in [4.78, 5) is 15.8. The summed E-state index contributed by atoms with van der Waals surface area (Å²) in [5.41, 5.74) is 4.20. The fraction of sp³-hybridized carbons (Fsp3) is 0.188. The number of hydrogen-bond acceptors (Lipinski definition) is 5. The molecule has 0 bridgehead atoms. The number of nitrogens with one attached hydrogen (secondary N) is 2. The van der Waals surface area contributed by atoms with Crippen molar-refractivity contribution in [3.8, 4) is 5.75 Å². The third-order valence-corrected chi connectivity index (χ3v) is 2.96. The maximum atomic E-state index is 11.9. The lowest BCUT2D eigenvalue weighted by Gasteiger charge is -2.13. The number of hydrazone groups is 1. The first kappa shape index (κ1) is 15.5. The molecule has 0 aliphatic rings. The van der Waals surface area contributed by atoms with E-state index in [0.717, 1.165) is 17.0 Å². The molecule has 6 nitrogen and oxygen atoms in total. The van der Waals surface area contributed by atoms with Crippen LogP contribution in [0.2, 0.25) is 0 Å². The van der Waals surface area contributed by atoms with Crippen LogP contribution >= 0.6 is 0 Å². The monoisotopic (exact) mass is 298 g/mol. The van der Waals surface area contributed by atoms with Crippen molar-refractivity contribution < 1.29 is 9.53 Å². The predicted molar refractivity (Wildman–Crippen MR) is 86.1 cm³/mol. The minimum atomic E-state index is -0.414. The van der Waals surface area contributed by atoms with Crippen LogP contribution in [-0.2, 0) is 4.79 Å². The molecule has 0 unspecified atom stereocenters. The van der Waals surface area contributed by atoms with Crippen LogP contribution in [0.15, 0.2) is 53.9 Å². The van der Waals surface area contributed by atoms with Crippen LogP contribution < -0.4 is 15.5 Å². The number of amides is 1. The SMILES string of the molecule is COc1ccc(N[C@@H](C)C(=O)N/N=C\c2ccncc2)cc1. The Bertz CT molecular complexity index is 626. The second-order valence-electron chi connectivity index (χ2n) is 4.61. The predicted octanol–water partition coefficient (Wildman–Crippen LogP) is 2.04. The van der Waals surface area contributed by atoms with Crippen LogP contribution in [0.3, 0.4) is 0 Å². The van der Waals surface area contributed by atoms with E-state index in [1.807, 2.05) is 24.3 Å². The summed E-state index contributed by atoms with van der Waals surface area (Å²) in [6.45, 7) is 1.77. The highest BCUT2D eigenvalue weighted by atomic mass is 16.5. The van der Waals surface area contributed by atoms with Gasteiger partial charge in [-0.2, -0.15) is 5.10 Å². The van der Waals surface area contributed by atoms with Crippen LogP contribution in [-0.4, -0.2) is 30.3 Å². The number of methoxy groups -OCH3 is 1. The summed E-state index contributed by atoms with van der Waals surface area (Å²) >= 11 is 0. The normalized spacial score (nSPS) is 11.9. The van der Waals surface area contributed by atoms with Crippen molar-refractivity contribution in [2.75, 3.05) is 12.4 Å². The lowest BCUT2D eigenvalue weighted by Crippen LogP contribution is -2.34. The Morgan fingerprint density at radius 2 is 1.91 bits per heavy atom. The van der Waals surface area contributed by atoms with E-state index in [1.54, 1.807) is 44.8 Å². The fourth-order valence-corrected chi connectivity index (χ4v) is 1.72. The number of carbonyl (C=O) groups is 1. The Morgan fingerprint density at radius 1 is 1.23 bits per heavy atom. The molecule has 0 fully saturated rings. The number of aromatic nitrogens is 1. The number of rotatable bonds is 6. The third kappa shape index (κ3) is 4.59. The van der Waals surface area contributed by atoms with E-state index in [1.165, 1.54) is 0 Å². The van der Waals surface area contributed by atoms with Crippen LogP contribution in [0.1, 0.15) is 12.5 Å². The van der Waals surface area contributed by atoms with Gasteiger partial charge >= 0.3 is 0 Å². The minimum absolute atomic E-state index is 0.221. The molecule has 6 heteroatoms. The van der Waals surface area contributed by atoms with E-state index in [2.05, 4.69) is 20.8 Å².